The maximum atomic E-state index is 12.2. The molecule has 3 rings (SSSR count). The minimum absolute atomic E-state index is 0.155. The number of sulfonamides is 1. The molecule has 0 spiro atoms. The Bertz CT molecular complexity index is 842. The fourth-order valence-corrected chi connectivity index (χ4v) is 4.78. The van der Waals surface area contributed by atoms with Gasteiger partial charge in [0.25, 0.3) is 0 Å². The molecule has 0 aromatic heterocycles. The molecule has 1 atom stereocenters. The molecule has 2 aromatic rings. The van der Waals surface area contributed by atoms with Gasteiger partial charge < -0.3 is 0 Å². The van der Waals surface area contributed by atoms with E-state index in [-0.39, 0.29) is 11.8 Å². The second kappa shape index (κ2) is 7.91. The molecule has 0 radical (unpaired) electrons. The number of piperazine rings is 1. The lowest BCUT2D eigenvalue weighted by molar-refractivity contribution is 0.155. The lowest BCUT2D eigenvalue weighted by atomic mass is 9.92. The second-order valence-corrected chi connectivity index (χ2v) is 9.27. The third-order valence-electron chi connectivity index (χ3n) is 5.24. The third-order valence-corrected chi connectivity index (χ3v) is 7.12. The van der Waals surface area contributed by atoms with E-state index in [9.17, 15) is 8.42 Å². The normalized spacial score (nSPS) is 18.0. The van der Waals surface area contributed by atoms with Crippen LogP contribution < -0.4 is 0 Å². The molecule has 0 amide bonds. The van der Waals surface area contributed by atoms with Crippen LogP contribution in [0.3, 0.4) is 0 Å². The maximum Gasteiger partial charge on any atom is 0.213 e. The lowest BCUT2D eigenvalue weighted by Crippen LogP contribution is -2.50. The summed E-state index contributed by atoms with van der Waals surface area (Å²) in [6.07, 6.45) is 0. The van der Waals surface area contributed by atoms with Gasteiger partial charge in [-0.2, -0.15) is 4.31 Å². The van der Waals surface area contributed by atoms with E-state index in [2.05, 4.69) is 61.2 Å². The average molecular weight is 373 g/mol. The van der Waals surface area contributed by atoms with Crippen molar-refractivity contribution >= 4 is 10.0 Å². The topological polar surface area (TPSA) is 40.6 Å². The largest absolute Gasteiger partial charge is 0.290 e. The zero-order chi connectivity index (χ0) is 18.7. The summed E-state index contributed by atoms with van der Waals surface area (Å²) in [5, 5.41) is 0. The minimum atomic E-state index is -3.11. The Morgan fingerprint density at radius 2 is 1.62 bits per heavy atom. The van der Waals surface area contributed by atoms with Crippen LogP contribution in [0.5, 0.6) is 0 Å². The smallest absolute Gasteiger partial charge is 0.213 e. The summed E-state index contributed by atoms with van der Waals surface area (Å²) in [7, 11) is -3.11. The number of rotatable bonds is 5. The molecule has 0 unspecified atom stereocenters. The molecule has 26 heavy (non-hydrogen) atoms. The van der Waals surface area contributed by atoms with Crippen molar-refractivity contribution in [1.29, 1.82) is 0 Å². The Balaban J connectivity index is 1.92. The Morgan fingerprint density at radius 1 is 0.962 bits per heavy atom. The fourth-order valence-electron chi connectivity index (χ4n) is 3.70. The van der Waals surface area contributed by atoms with Gasteiger partial charge in [-0.05, 0) is 37.5 Å². The molecule has 4 nitrogen and oxygen atoms in total. The molecule has 0 bridgehead atoms. The summed E-state index contributed by atoms with van der Waals surface area (Å²) in [5.74, 6) is 0.173. The summed E-state index contributed by atoms with van der Waals surface area (Å²) in [6.45, 7) is 8.59. The molecule has 1 heterocycles. The van der Waals surface area contributed by atoms with Gasteiger partial charge in [0.05, 0.1) is 11.8 Å². The summed E-state index contributed by atoms with van der Waals surface area (Å²) in [5.41, 5.74) is 5.09. The molecule has 0 aliphatic carbocycles. The highest BCUT2D eigenvalue weighted by atomic mass is 32.2. The van der Waals surface area contributed by atoms with E-state index in [1.165, 1.54) is 22.3 Å². The van der Waals surface area contributed by atoms with Crippen LogP contribution in [-0.4, -0.2) is 49.6 Å². The van der Waals surface area contributed by atoms with Gasteiger partial charge in [0.1, 0.15) is 0 Å². The third kappa shape index (κ3) is 4.00. The van der Waals surface area contributed by atoms with Crippen LogP contribution in [0, 0.1) is 13.8 Å². The molecule has 1 fully saturated rings. The van der Waals surface area contributed by atoms with E-state index in [1.807, 2.05) is 6.07 Å². The molecule has 0 saturated carbocycles. The van der Waals surface area contributed by atoms with E-state index in [4.69, 9.17) is 0 Å². The van der Waals surface area contributed by atoms with Crippen molar-refractivity contribution in [1.82, 2.24) is 9.21 Å². The fraction of sp³-hybridized carbons (Fsp3) is 0.429. The molecule has 5 heteroatoms. The van der Waals surface area contributed by atoms with Gasteiger partial charge in [0.15, 0.2) is 0 Å². The Hall–Kier alpha value is -1.69. The van der Waals surface area contributed by atoms with Crippen LogP contribution in [0.2, 0.25) is 0 Å². The Labute approximate surface area is 157 Å². The molecule has 0 N–H and O–H groups in total. The van der Waals surface area contributed by atoms with Crippen LogP contribution in [0.4, 0.5) is 0 Å². The van der Waals surface area contributed by atoms with Crippen molar-refractivity contribution in [2.24, 2.45) is 0 Å². The van der Waals surface area contributed by atoms with Crippen molar-refractivity contribution in [2.75, 3.05) is 31.9 Å². The summed E-state index contributed by atoms with van der Waals surface area (Å²) < 4.78 is 26.0. The lowest BCUT2D eigenvalue weighted by Gasteiger charge is -2.39. The second-order valence-electron chi connectivity index (χ2n) is 7.01. The molecule has 1 aliphatic rings. The van der Waals surface area contributed by atoms with Crippen LogP contribution in [0.15, 0.2) is 48.5 Å². The van der Waals surface area contributed by atoms with Gasteiger partial charge in [-0.15, -0.1) is 0 Å². The molecular formula is C21H28N2O2S. The quantitative estimate of drug-likeness (QED) is 0.808. The molecule has 1 saturated heterocycles. The monoisotopic (exact) mass is 372 g/mol. The van der Waals surface area contributed by atoms with E-state index in [0.29, 0.717) is 13.1 Å². The van der Waals surface area contributed by atoms with Crippen molar-refractivity contribution < 1.29 is 8.42 Å². The highest BCUT2D eigenvalue weighted by molar-refractivity contribution is 7.89. The first-order valence-corrected chi connectivity index (χ1v) is 10.9. The standard InChI is InChI=1S/C21H28N2O2S/c1-4-26(24,25)23-14-12-22(13-15-23)21(19-8-6-5-7-9-19)20-16-17(2)10-11-18(20)3/h5-11,16,21H,4,12-15H2,1-3H3/t21-/m1/s1. The van der Waals surface area contributed by atoms with E-state index >= 15 is 0 Å². The Kier molecular flexibility index (Phi) is 5.80. The Morgan fingerprint density at radius 3 is 2.23 bits per heavy atom. The zero-order valence-electron chi connectivity index (χ0n) is 15.9. The van der Waals surface area contributed by atoms with Crippen molar-refractivity contribution in [3.05, 3.63) is 70.8 Å². The minimum Gasteiger partial charge on any atom is -0.290 e. The van der Waals surface area contributed by atoms with E-state index < -0.39 is 10.0 Å². The number of aryl methyl sites for hydroxylation is 2. The van der Waals surface area contributed by atoms with Gasteiger partial charge in [-0.1, -0.05) is 54.1 Å². The summed E-state index contributed by atoms with van der Waals surface area (Å²) in [6, 6.07) is 17.3. The van der Waals surface area contributed by atoms with Crippen molar-refractivity contribution in [3.8, 4) is 0 Å². The predicted molar refractivity (Wildman–Crippen MR) is 107 cm³/mol. The van der Waals surface area contributed by atoms with Crippen molar-refractivity contribution in [2.45, 2.75) is 26.8 Å². The van der Waals surface area contributed by atoms with E-state index in [1.54, 1.807) is 11.2 Å². The van der Waals surface area contributed by atoms with Gasteiger partial charge in [0.2, 0.25) is 10.0 Å². The van der Waals surface area contributed by atoms with E-state index in [0.717, 1.165) is 13.1 Å². The van der Waals surface area contributed by atoms with Crippen LogP contribution in [-0.2, 0) is 10.0 Å². The first-order chi connectivity index (χ1) is 12.4. The number of benzene rings is 2. The summed E-state index contributed by atoms with van der Waals surface area (Å²) >= 11 is 0. The highest BCUT2D eigenvalue weighted by Gasteiger charge is 2.31. The maximum absolute atomic E-state index is 12.2. The highest BCUT2D eigenvalue weighted by Crippen LogP contribution is 2.32. The predicted octanol–water partition coefficient (Wildman–Crippen LogP) is 3.36. The van der Waals surface area contributed by atoms with Gasteiger partial charge in [-0.3, -0.25) is 4.90 Å². The zero-order valence-corrected chi connectivity index (χ0v) is 16.7. The molecule has 140 valence electrons. The SMILES string of the molecule is CCS(=O)(=O)N1CCN([C@H](c2ccccc2)c2cc(C)ccc2C)CC1. The van der Waals surface area contributed by atoms with Crippen LogP contribution in [0.1, 0.15) is 35.2 Å². The van der Waals surface area contributed by atoms with Gasteiger partial charge in [-0.25, -0.2) is 8.42 Å². The first kappa shape index (κ1) is 19.1. The molecule has 2 aromatic carbocycles. The molecular weight excluding hydrogens is 344 g/mol. The van der Waals surface area contributed by atoms with Crippen LogP contribution >= 0.6 is 0 Å². The summed E-state index contributed by atoms with van der Waals surface area (Å²) in [4.78, 5) is 2.42. The average Bonchev–Trinajstić information content (AvgIpc) is 2.66. The van der Waals surface area contributed by atoms with Crippen LogP contribution in [0.25, 0.3) is 0 Å². The van der Waals surface area contributed by atoms with Gasteiger partial charge >= 0.3 is 0 Å². The number of nitrogens with zero attached hydrogens (tertiary/aromatic N) is 2. The van der Waals surface area contributed by atoms with Crippen molar-refractivity contribution in [3.63, 3.8) is 0 Å². The molecule has 1 aliphatic heterocycles. The number of hydrogen-bond donors (Lipinski definition) is 0. The number of hydrogen-bond acceptors (Lipinski definition) is 3. The van der Waals surface area contributed by atoms with Gasteiger partial charge in [0, 0.05) is 26.2 Å². The first-order valence-electron chi connectivity index (χ1n) is 9.26.